The summed E-state index contributed by atoms with van der Waals surface area (Å²) in [5.74, 6) is 1.97. The highest BCUT2D eigenvalue weighted by molar-refractivity contribution is 5.80. The molecule has 2 heterocycles. The van der Waals surface area contributed by atoms with Gasteiger partial charge in [-0.3, -0.25) is 4.99 Å². The number of fused-ring (bicyclic) bond motifs is 2. The number of hydrogen-bond donors (Lipinski definition) is 2. The van der Waals surface area contributed by atoms with Crippen molar-refractivity contribution >= 4 is 5.96 Å². The summed E-state index contributed by atoms with van der Waals surface area (Å²) in [4.78, 5) is 4.76. The first-order chi connectivity index (χ1) is 10.3. The largest absolute Gasteiger partial charge is 0.373 e. The fraction of sp³-hybridized carbons (Fsp3) is 0.941. The third kappa shape index (κ3) is 4.12. The highest BCUT2D eigenvalue weighted by Crippen LogP contribution is 2.34. The van der Waals surface area contributed by atoms with Gasteiger partial charge in [0.15, 0.2) is 5.96 Å². The van der Waals surface area contributed by atoms with Gasteiger partial charge in [0.1, 0.15) is 0 Å². The molecule has 1 aliphatic carbocycles. The normalized spacial score (nSPS) is 32.8. The van der Waals surface area contributed by atoms with Gasteiger partial charge in [0, 0.05) is 13.1 Å². The van der Waals surface area contributed by atoms with Crippen molar-refractivity contribution in [3.63, 3.8) is 0 Å². The molecule has 21 heavy (non-hydrogen) atoms. The van der Waals surface area contributed by atoms with E-state index in [4.69, 9.17) is 9.73 Å². The van der Waals surface area contributed by atoms with Crippen molar-refractivity contribution in [1.82, 2.24) is 10.6 Å². The highest BCUT2D eigenvalue weighted by Gasteiger charge is 2.41. The van der Waals surface area contributed by atoms with E-state index in [1.807, 2.05) is 0 Å². The Labute approximate surface area is 129 Å². The summed E-state index contributed by atoms with van der Waals surface area (Å²) < 4.78 is 5.91. The molecule has 3 unspecified atom stereocenters. The monoisotopic (exact) mass is 293 g/mol. The van der Waals surface area contributed by atoms with Crippen LogP contribution in [0.5, 0.6) is 0 Å². The van der Waals surface area contributed by atoms with Gasteiger partial charge in [-0.05, 0) is 44.9 Å². The predicted octanol–water partition coefficient (Wildman–Crippen LogP) is 2.83. The molecule has 4 nitrogen and oxygen atoms in total. The molecule has 0 aromatic carbocycles. The average molecular weight is 293 g/mol. The lowest BCUT2D eigenvalue weighted by molar-refractivity contribution is 0.0992. The van der Waals surface area contributed by atoms with Gasteiger partial charge in [-0.1, -0.05) is 25.7 Å². The summed E-state index contributed by atoms with van der Waals surface area (Å²) in [6.07, 6.45) is 12.9. The van der Waals surface area contributed by atoms with Crippen molar-refractivity contribution in [2.75, 3.05) is 13.1 Å². The number of nitrogens with one attached hydrogen (secondary N) is 2. The molecule has 2 aliphatic heterocycles. The Morgan fingerprint density at radius 2 is 2.05 bits per heavy atom. The standard InChI is InChI=1S/C17H31N3O/c1-2-18-17(19-11-5-8-13-6-3-4-7-13)20-15-12-14-9-10-16(15)21-14/h13-16H,2-12H2,1H3,(H2,18,19,20). The van der Waals surface area contributed by atoms with Crippen molar-refractivity contribution in [2.24, 2.45) is 10.9 Å². The molecule has 4 heteroatoms. The van der Waals surface area contributed by atoms with E-state index in [1.54, 1.807) is 0 Å². The van der Waals surface area contributed by atoms with Crippen molar-refractivity contribution in [2.45, 2.75) is 83.0 Å². The van der Waals surface area contributed by atoms with Crippen LogP contribution in [0.3, 0.4) is 0 Å². The van der Waals surface area contributed by atoms with Gasteiger partial charge in [-0.25, -0.2) is 0 Å². The molecule has 0 aromatic rings. The molecule has 120 valence electrons. The van der Waals surface area contributed by atoms with Gasteiger partial charge in [0.25, 0.3) is 0 Å². The van der Waals surface area contributed by atoms with Crippen molar-refractivity contribution in [1.29, 1.82) is 0 Å². The second-order valence-corrected chi connectivity index (χ2v) is 6.91. The Kier molecular flexibility index (Phi) is 5.39. The van der Waals surface area contributed by atoms with Gasteiger partial charge >= 0.3 is 0 Å². The summed E-state index contributed by atoms with van der Waals surface area (Å²) in [5.41, 5.74) is 0. The Morgan fingerprint density at radius 3 is 2.71 bits per heavy atom. The van der Waals surface area contributed by atoms with E-state index in [0.717, 1.165) is 31.4 Å². The lowest BCUT2D eigenvalue weighted by Gasteiger charge is -2.22. The van der Waals surface area contributed by atoms with Crippen LogP contribution >= 0.6 is 0 Å². The number of rotatable bonds is 6. The summed E-state index contributed by atoms with van der Waals surface area (Å²) in [6, 6.07) is 0.469. The smallest absolute Gasteiger partial charge is 0.191 e. The third-order valence-corrected chi connectivity index (χ3v) is 5.29. The molecule has 3 rings (SSSR count). The molecule has 2 N–H and O–H groups in total. The molecule has 1 saturated carbocycles. The Balaban J connectivity index is 1.41. The van der Waals surface area contributed by atoms with Crippen LogP contribution in [-0.4, -0.2) is 37.3 Å². The predicted molar refractivity (Wildman–Crippen MR) is 86.6 cm³/mol. The van der Waals surface area contributed by atoms with Crippen molar-refractivity contribution in [3.8, 4) is 0 Å². The van der Waals surface area contributed by atoms with Crippen LogP contribution in [0.15, 0.2) is 4.99 Å². The van der Waals surface area contributed by atoms with Gasteiger partial charge < -0.3 is 15.4 Å². The van der Waals surface area contributed by atoms with Crippen molar-refractivity contribution < 1.29 is 4.74 Å². The summed E-state index contributed by atoms with van der Waals surface area (Å²) in [5, 5.41) is 6.97. The number of ether oxygens (including phenoxy) is 1. The molecular formula is C17H31N3O. The minimum atomic E-state index is 0.414. The van der Waals surface area contributed by atoms with E-state index >= 15 is 0 Å². The van der Waals surface area contributed by atoms with Crippen LogP contribution in [0.1, 0.15) is 64.7 Å². The quantitative estimate of drug-likeness (QED) is 0.450. The summed E-state index contributed by atoms with van der Waals surface area (Å²) >= 11 is 0. The number of guanidine groups is 1. The maximum Gasteiger partial charge on any atom is 0.191 e. The van der Waals surface area contributed by atoms with Gasteiger partial charge in [-0.2, -0.15) is 0 Å². The fourth-order valence-corrected chi connectivity index (χ4v) is 4.16. The van der Waals surface area contributed by atoms with Crippen LogP contribution in [0.25, 0.3) is 0 Å². The lowest BCUT2D eigenvalue weighted by Crippen LogP contribution is -2.47. The summed E-state index contributed by atoms with van der Waals surface area (Å²) in [6.45, 7) is 4.01. The summed E-state index contributed by atoms with van der Waals surface area (Å²) in [7, 11) is 0. The molecule has 0 aromatic heterocycles. The maximum absolute atomic E-state index is 5.91. The molecule has 3 aliphatic rings. The fourth-order valence-electron chi connectivity index (χ4n) is 4.16. The average Bonchev–Trinajstić information content (AvgIpc) is 3.21. The van der Waals surface area contributed by atoms with Crippen molar-refractivity contribution in [3.05, 3.63) is 0 Å². The third-order valence-electron chi connectivity index (χ3n) is 5.29. The molecule has 0 radical (unpaired) electrons. The number of nitrogens with zero attached hydrogens (tertiary/aromatic N) is 1. The van der Waals surface area contributed by atoms with Crippen LogP contribution in [0.2, 0.25) is 0 Å². The van der Waals surface area contributed by atoms with E-state index in [1.165, 1.54) is 51.4 Å². The first-order valence-corrected chi connectivity index (χ1v) is 9.05. The van der Waals surface area contributed by atoms with E-state index in [9.17, 15) is 0 Å². The minimum Gasteiger partial charge on any atom is -0.373 e. The van der Waals surface area contributed by atoms with E-state index < -0.39 is 0 Å². The number of aliphatic imine (C=N–C) groups is 1. The zero-order chi connectivity index (χ0) is 14.5. The van der Waals surface area contributed by atoms with E-state index in [-0.39, 0.29) is 0 Å². The Morgan fingerprint density at radius 1 is 1.19 bits per heavy atom. The Bertz CT molecular complexity index is 352. The first kappa shape index (κ1) is 15.1. The van der Waals surface area contributed by atoms with Crippen LogP contribution in [0, 0.1) is 5.92 Å². The Hall–Kier alpha value is -0.770. The topological polar surface area (TPSA) is 45.7 Å². The molecule has 0 amide bonds. The lowest BCUT2D eigenvalue weighted by atomic mass is 9.96. The maximum atomic E-state index is 5.91. The highest BCUT2D eigenvalue weighted by atomic mass is 16.5. The van der Waals surface area contributed by atoms with Gasteiger partial charge in [0.05, 0.1) is 18.2 Å². The van der Waals surface area contributed by atoms with Gasteiger partial charge in [-0.15, -0.1) is 0 Å². The van der Waals surface area contributed by atoms with E-state index in [0.29, 0.717) is 18.2 Å². The SMILES string of the molecule is CCNC(=NCCCC1CCCC1)NC1CC2CCC1O2. The zero-order valence-corrected chi connectivity index (χ0v) is 13.4. The molecule has 0 spiro atoms. The van der Waals surface area contributed by atoms with E-state index in [2.05, 4.69) is 17.6 Å². The molecule has 2 bridgehead atoms. The van der Waals surface area contributed by atoms with Gasteiger partial charge in [0.2, 0.25) is 0 Å². The molecule has 3 fully saturated rings. The van der Waals surface area contributed by atoms with Crippen LogP contribution < -0.4 is 10.6 Å². The number of hydrogen-bond acceptors (Lipinski definition) is 2. The second kappa shape index (κ2) is 7.48. The zero-order valence-electron chi connectivity index (χ0n) is 13.4. The molecule has 3 atom stereocenters. The first-order valence-electron chi connectivity index (χ1n) is 9.05. The van der Waals surface area contributed by atoms with Crippen LogP contribution in [-0.2, 0) is 4.74 Å². The minimum absolute atomic E-state index is 0.414. The van der Waals surface area contributed by atoms with Crippen LogP contribution in [0.4, 0.5) is 0 Å². The molecule has 2 saturated heterocycles. The molecular weight excluding hydrogens is 262 g/mol. The second-order valence-electron chi connectivity index (χ2n) is 6.91.